The number of nitrogens with two attached hydrogens (primary N) is 1. The smallest absolute Gasteiger partial charge is 0.271 e. The van der Waals surface area contributed by atoms with Crippen LogP contribution in [-0.2, 0) is 13.1 Å². The van der Waals surface area contributed by atoms with Gasteiger partial charge in [0.15, 0.2) is 0 Å². The lowest BCUT2D eigenvalue weighted by atomic mass is 10.2. The number of aromatic nitrogens is 4. The second-order valence-corrected chi connectivity index (χ2v) is 4.44. The molecule has 7 heteroatoms. The molecule has 0 aromatic carbocycles. The molecule has 19 heavy (non-hydrogen) atoms. The third-order valence-corrected chi connectivity index (χ3v) is 3.09. The molecule has 2 aromatic heterocycles. The van der Waals surface area contributed by atoms with Crippen LogP contribution in [0.15, 0.2) is 12.3 Å². The van der Waals surface area contributed by atoms with Crippen LogP contribution in [0.2, 0.25) is 0 Å². The van der Waals surface area contributed by atoms with Gasteiger partial charge in [-0.05, 0) is 13.8 Å². The van der Waals surface area contributed by atoms with Gasteiger partial charge in [0.2, 0.25) is 0 Å². The number of H-pyrrole nitrogens is 1. The van der Waals surface area contributed by atoms with Crippen molar-refractivity contribution in [3.63, 3.8) is 0 Å². The minimum atomic E-state index is -0.146. The number of carbonyl (C=O) groups is 1. The normalized spacial score (nSPS) is 10.7. The van der Waals surface area contributed by atoms with Crippen molar-refractivity contribution in [2.45, 2.75) is 26.9 Å². The minimum absolute atomic E-state index is 0.146. The lowest BCUT2D eigenvalue weighted by Crippen LogP contribution is -2.26. The van der Waals surface area contributed by atoms with Gasteiger partial charge in [0.1, 0.15) is 11.5 Å². The SMILES string of the molecule is CCn1ncc(CN(C)C(=O)c2cc(N)n[nH]2)c1C. The summed E-state index contributed by atoms with van der Waals surface area (Å²) in [7, 11) is 1.74. The average molecular weight is 262 g/mol. The van der Waals surface area contributed by atoms with Crippen molar-refractivity contribution in [3.8, 4) is 0 Å². The predicted molar refractivity (Wildman–Crippen MR) is 71.4 cm³/mol. The van der Waals surface area contributed by atoms with Crippen molar-refractivity contribution in [2.24, 2.45) is 0 Å². The highest BCUT2D eigenvalue weighted by Gasteiger charge is 2.16. The van der Waals surface area contributed by atoms with Crippen LogP contribution >= 0.6 is 0 Å². The van der Waals surface area contributed by atoms with E-state index in [9.17, 15) is 4.79 Å². The van der Waals surface area contributed by atoms with Gasteiger partial charge in [-0.15, -0.1) is 0 Å². The van der Waals surface area contributed by atoms with Crippen LogP contribution in [0.5, 0.6) is 0 Å². The average Bonchev–Trinajstić information content (AvgIpc) is 2.96. The molecule has 0 aliphatic carbocycles. The summed E-state index contributed by atoms with van der Waals surface area (Å²) in [6.07, 6.45) is 1.80. The molecule has 0 aliphatic rings. The zero-order valence-corrected chi connectivity index (χ0v) is 11.3. The Balaban J connectivity index is 2.10. The number of amides is 1. The quantitative estimate of drug-likeness (QED) is 0.852. The fourth-order valence-corrected chi connectivity index (χ4v) is 1.94. The molecule has 2 heterocycles. The van der Waals surface area contributed by atoms with Crippen molar-refractivity contribution < 1.29 is 4.79 Å². The van der Waals surface area contributed by atoms with Gasteiger partial charge in [-0.25, -0.2) is 0 Å². The number of aromatic amines is 1. The topological polar surface area (TPSA) is 92.8 Å². The molecule has 2 rings (SSSR count). The van der Waals surface area contributed by atoms with E-state index < -0.39 is 0 Å². The van der Waals surface area contributed by atoms with Crippen molar-refractivity contribution in [1.29, 1.82) is 0 Å². The summed E-state index contributed by atoms with van der Waals surface area (Å²) in [5.74, 6) is 0.166. The minimum Gasteiger partial charge on any atom is -0.382 e. The molecule has 0 fully saturated rings. The highest BCUT2D eigenvalue weighted by molar-refractivity contribution is 5.92. The van der Waals surface area contributed by atoms with E-state index in [0.29, 0.717) is 18.1 Å². The first-order valence-electron chi connectivity index (χ1n) is 6.10. The Morgan fingerprint density at radius 1 is 1.58 bits per heavy atom. The molecule has 2 aromatic rings. The van der Waals surface area contributed by atoms with E-state index in [2.05, 4.69) is 15.3 Å². The molecule has 0 aliphatic heterocycles. The van der Waals surface area contributed by atoms with Crippen LogP contribution in [0.3, 0.4) is 0 Å². The Hall–Kier alpha value is -2.31. The van der Waals surface area contributed by atoms with Gasteiger partial charge in [-0.3, -0.25) is 14.6 Å². The molecular formula is C12H18N6O. The van der Waals surface area contributed by atoms with Gasteiger partial charge in [-0.1, -0.05) is 0 Å². The molecule has 102 valence electrons. The van der Waals surface area contributed by atoms with E-state index in [4.69, 9.17) is 5.73 Å². The molecular weight excluding hydrogens is 244 g/mol. The van der Waals surface area contributed by atoms with Crippen LogP contribution in [0.1, 0.15) is 28.7 Å². The van der Waals surface area contributed by atoms with Gasteiger partial charge in [0.25, 0.3) is 5.91 Å². The van der Waals surface area contributed by atoms with Gasteiger partial charge in [0.05, 0.1) is 6.20 Å². The fourth-order valence-electron chi connectivity index (χ4n) is 1.94. The molecule has 0 bridgehead atoms. The third kappa shape index (κ3) is 2.59. The number of nitrogens with zero attached hydrogens (tertiary/aromatic N) is 4. The monoisotopic (exact) mass is 262 g/mol. The van der Waals surface area contributed by atoms with Crippen molar-refractivity contribution in [3.05, 3.63) is 29.2 Å². The maximum Gasteiger partial charge on any atom is 0.271 e. The number of hydrogen-bond donors (Lipinski definition) is 2. The molecule has 7 nitrogen and oxygen atoms in total. The van der Waals surface area contributed by atoms with E-state index in [1.54, 1.807) is 18.1 Å². The number of nitrogen functional groups attached to an aromatic ring is 1. The molecule has 0 saturated carbocycles. The van der Waals surface area contributed by atoms with Gasteiger partial charge in [-0.2, -0.15) is 10.2 Å². The van der Waals surface area contributed by atoms with Crippen molar-refractivity contribution in [2.75, 3.05) is 12.8 Å². The van der Waals surface area contributed by atoms with Gasteiger partial charge < -0.3 is 10.6 Å². The Morgan fingerprint density at radius 2 is 2.32 bits per heavy atom. The summed E-state index contributed by atoms with van der Waals surface area (Å²) in [5.41, 5.74) is 7.99. The van der Waals surface area contributed by atoms with Crippen LogP contribution < -0.4 is 5.73 Å². The number of carbonyl (C=O) groups excluding carboxylic acids is 1. The largest absolute Gasteiger partial charge is 0.382 e. The number of nitrogens with one attached hydrogen (secondary N) is 1. The summed E-state index contributed by atoms with van der Waals surface area (Å²) in [4.78, 5) is 13.7. The van der Waals surface area contributed by atoms with Gasteiger partial charge in [0, 0.05) is 37.5 Å². The Bertz CT molecular complexity index is 585. The molecule has 3 N–H and O–H groups in total. The summed E-state index contributed by atoms with van der Waals surface area (Å²) in [5, 5.41) is 10.6. The summed E-state index contributed by atoms with van der Waals surface area (Å²) < 4.78 is 1.90. The van der Waals surface area contributed by atoms with Gasteiger partial charge >= 0.3 is 0 Å². The zero-order valence-electron chi connectivity index (χ0n) is 11.3. The third-order valence-electron chi connectivity index (χ3n) is 3.09. The lowest BCUT2D eigenvalue weighted by molar-refractivity contribution is 0.0779. The van der Waals surface area contributed by atoms with Crippen LogP contribution in [-0.4, -0.2) is 37.8 Å². The van der Waals surface area contributed by atoms with E-state index in [-0.39, 0.29) is 5.91 Å². The van der Waals surface area contributed by atoms with Crippen LogP contribution in [0.25, 0.3) is 0 Å². The standard InChI is InChI=1S/C12H18N6O/c1-4-18-8(2)9(6-14-18)7-17(3)12(19)10-5-11(13)16-15-10/h5-6H,4,7H2,1-3H3,(H3,13,15,16). The first kappa shape index (κ1) is 13.1. The van der Waals surface area contributed by atoms with Crippen molar-refractivity contribution in [1.82, 2.24) is 24.9 Å². The first-order chi connectivity index (χ1) is 9.02. The van der Waals surface area contributed by atoms with E-state index in [0.717, 1.165) is 17.8 Å². The molecule has 0 atom stereocenters. The Kier molecular flexibility index (Phi) is 3.55. The molecule has 1 amide bonds. The molecule has 0 spiro atoms. The van der Waals surface area contributed by atoms with Crippen LogP contribution in [0.4, 0.5) is 5.82 Å². The second-order valence-electron chi connectivity index (χ2n) is 4.44. The van der Waals surface area contributed by atoms with E-state index >= 15 is 0 Å². The second kappa shape index (κ2) is 5.13. The summed E-state index contributed by atoms with van der Waals surface area (Å²) >= 11 is 0. The number of anilines is 1. The number of hydrogen-bond acceptors (Lipinski definition) is 4. The van der Waals surface area contributed by atoms with Crippen LogP contribution in [0, 0.1) is 6.92 Å². The van der Waals surface area contributed by atoms with E-state index in [1.165, 1.54) is 6.07 Å². The fraction of sp³-hybridized carbons (Fsp3) is 0.417. The highest BCUT2D eigenvalue weighted by Crippen LogP contribution is 2.12. The summed E-state index contributed by atoms with van der Waals surface area (Å²) in [6, 6.07) is 1.53. The Labute approximate surface area is 111 Å². The molecule has 0 saturated heterocycles. The number of rotatable bonds is 4. The highest BCUT2D eigenvalue weighted by atomic mass is 16.2. The Morgan fingerprint density at radius 3 is 2.84 bits per heavy atom. The molecule has 0 radical (unpaired) electrons. The maximum absolute atomic E-state index is 12.1. The van der Waals surface area contributed by atoms with E-state index in [1.807, 2.05) is 18.5 Å². The maximum atomic E-state index is 12.1. The summed E-state index contributed by atoms with van der Waals surface area (Å²) in [6.45, 7) is 5.36. The zero-order chi connectivity index (χ0) is 14.0. The first-order valence-corrected chi connectivity index (χ1v) is 6.10. The van der Waals surface area contributed by atoms with Crippen molar-refractivity contribution >= 4 is 11.7 Å². The lowest BCUT2D eigenvalue weighted by Gasteiger charge is -2.15. The number of aryl methyl sites for hydroxylation is 1. The predicted octanol–water partition coefficient (Wildman–Crippen LogP) is 0.789. The molecule has 0 unspecified atom stereocenters.